The molecule has 0 aliphatic rings. The van der Waals surface area contributed by atoms with E-state index in [1.165, 1.54) is 0 Å². The van der Waals surface area contributed by atoms with E-state index in [9.17, 15) is 9.18 Å². The fourth-order valence-corrected chi connectivity index (χ4v) is 1.25. The molecule has 15 heavy (non-hydrogen) atoms. The normalized spacial score (nSPS) is 9.47. The Kier molecular flexibility index (Phi) is 3.64. The van der Waals surface area contributed by atoms with Crippen LogP contribution >= 0.6 is 11.6 Å². The van der Waals surface area contributed by atoms with Crippen molar-refractivity contribution in [1.29, 1.82) is 5.26 Å². The summed E-state index contributed by atoms with van der Waals surface area (Å²) in [6, 6.07) is 3.89. The third-order valence-corrected chi connectivity index (χ3v) is 1.87. The van der Waals surface area contributed by atoms with Gasteiger partial charge in [-0.15, -0.1) is 0 Å². The number of hydrogen-bond acceptors (Lipinski definition) is 3. The highest BCUT2D eigenvalue weighted by Crippen LogP contribution is 2.20. The summed E-state index contributed by atoms with van der Waals surface area (Å²) in [5.74, 6) is -1.73. The van der Waals surface area contributed by atoms with Gasteiger partial charge in [0.15, 0.2) is 5.82 Å². The first kappa shape index (κ1) is 11.5. The van der Waals surface area contributed by atoms with Gasteiger partial charge in [0.05, 0.1) is 17.7 Å². The van der Waals surface area contributed by atoms with Gasteiger partial charge in [-0.2, -0.15) is 5.26 Å². The van der Waals surface area contributed by atoms with Gasteiger partial charge in [-0.25, -0.2) is 9.18 Å². The van der Waals surface area contributed by atoms with Gasteiger partial charge < -0.3 is 4.74 Å². The molecule has 0 saturated carbocycles. The van der Waals surface area contributed by atoms with Gasteiger partial charge in [-0.05, 0) is 19.1 Å². The Morgan fingerprint density at radius 3 is 2.87 bits per heavy atom. The Hall–Kier alpha value is -1.60. The van der Waals surface area contributed by atoms with Gasteiger partial charge in [0.2, 0.25) is 0 Å². The molecule has 0 unspecified atom stereocenters. The topological polar surface area (TPSA) is 50.1 Å². The number of benzene rings is 1. The van der Waals surface area contributed by atoms with Crippen LogP contribution in [0.15, 0.2) is 12.1 Å². The molecule has 1 rings (SSSR count). The predicted molar refractivity (Wildman–Crippen MR) is 52.1 cm³/mol. The van der Waals surface area contributed by atoms with Gasteiger partial charge in [-0.3, -0.25) is 0 Å². The van der Waals surface area contributed by atoms with E-state index < -0.39 is 11.8 Å². The molecule has 0 spiro atoms. The molecule has 0 radical (unpaired) electrons. The van der Waals surface area contributed by atoms with E-state index in [2.05, 4.69) is 4.74 Å². The molecule has 1 aromatic rings. The fraction of sp³-hybridized carbons (Fsp3) is 0.200. The molecular weight excluding hydrogens is 221 g/mol. The highest BCUT2D eigenvalue weighted by Gasteiger charge is 2.17. The lowest BCUT2D eigenvalue weighted by atomic mass is 10.1. The Morgan fingerprint density at radius 1 is 1.67 bits per heavy atom. The van der Waals surface area contributed by atoms with E-state index in [1.54, 1.807) is 13.0 Å². The summed E-state index contributed by atoms with van der Waals surface area (Å²) in [5, 5.41) is 8.70. The van der Waals surface area contributed by atoms with E-state index in [-0.39, 0.29) is 22.8 Å². The Bertz CT molecular complexity index is 440. The average molecular weight is 228 g/mol. The molecule has 0 aliphatic heterocycles. The summed E-state index contributed by atoms with van der Waals surface area (Å²) in [7, 11) is 0. The zero-order valence-electron chi connectivity index (χ0n) is 7.88. The van der Waals surface area contributed by atoms with Crippen molar-refractivity contribution in [3.05, 3.63) is 34.1 Å². The summed E-state index contributed by atoms with van der Waals surface area (Å²) in [4.78, 5) is 11.3. The standard InChI is InChI=1S/C10H7ClFNO2/c1-2-15-10(14)8-4-7(11)3-6(5-13)9(8)12/h3-4H,2H2,1H3. The number of halogens is 2. The summed E-state index contributed by atoms with van der Waals surface area (Å²) in [6.45, 7) is 1.73. The average Bonchev–Trinajstić information content (AvgIpc) is 2.21. The number of carbonyl (C=O) groups is 1. The minimum absolute atomic E-state index is 0.121. The van der Waals surface area contributed by atoms with Crippen LogP contribution in [0, 0.1) is 17.1 Å². The molecule has 0 atom stereocenters. The third-order valence-electron chi connectivity index (χ3n) is 1.65. The molecule has 0 amide bonds. The number of ether oxygens (including phenoxy) is 1. The Morgan fingerprint density at radius 2 is 2.33 bits per heavy atom. The second kappa shape index (κ2) is 4.76. The molecule has 0 aliphatic carbocycles. The minimum atomic E-state index is -0.902. The third kappa shape index (κ3) is 2.45. The van der Waals surface area contributed by atoms with E-state index in [0.29, 0.717) is 0 Å². The van der Waals surface area contributed by atoms with Crippen LogP contribution < -0.4 is 0 Å². The van der Waals surface area contributed by atoms with Gasteiger partial charge in [0, 0.05) is 5.02 Å². The molecule has 78 valence electrons. The summed E-state index contributed by atoms with van der Waals surface area (Å²) in [6.07, 6.45) is 0. The van der Waals surface area contributed by atoms with Crippen molar-refractivity contribution in [2.45, 2.75) is 6.92 Å². The summed E-state index contributed by atoms with van der Waals surface area (Å²) in [5.41, 5.74) is -0.591. The molecule has 0 heterocycles. The van der Waals surface area contributed by atoms with Gasteiger partial charge in [-0.1, -0.05) is 11.6 Å². The molecule has 0 aromatic heterocycles. The number of nitriles is 1. The van der Waals surface area contributed by atoms with Crippen molar-refractivity contribution < 1.29 is 13.9 Å². The van der Waals surface area contributed by atoms with Crippen molar-refractivity contribution >= 4 is 17.6 Å². The van der Waals surface area contributed by atoms with Crippen LogP contribution in [0.5, 0.6) is 0 Å². The molecule has 1 aromatic carbocycles. The highest BCUT2D eigenvalue weighted by atomic mass is 35.5. The van der Waals surface area contributed by atoms with Crippen LogP contribution in [0.4, 0.5) is 4.39 Å². The molecule has 3 nitrogen and oxygen atoms in total. The number of carbonyl (C=O) groups excluding carboxylic acids is 1. The molecule has 0 bridgehead atoms. The molecule has 0 fully saturated rings. The van der Waals surface area contributed by atoms with Crippen molar-refractivity contribution in [3.63, 3.8) is 0 Å². The number of hydrogen-bond donors (Lipinski definition) is 0. The van der Waals surface area contributed by atoms with Crippen molar-refractivity contribution in [3.8, 4) is 6.07 Å². The molecule has 0 N–H and O–H groups in total. The first-order valence-electron chi connectivity index (χ1n) is 4.16. The lowest BCUT2D eigenvalue weighted by molar-refractivity contribution is 0.0521. The summed E-state index contributed by atoms with van der Waals surface area (Å²) >= 11 is 5.62. The van der Waals surface area contributed by atoms with E-state index in [0.717, 1.165) is 12.1 Å². The predicted octanol–water partition coefficient (Wildman–Crippen LogP) is 2.53. The number of nitrogens with zero attached hydrogens (tertiary/aromatic N) is 1. The summed E-state index contributed by atoms with van der Waals surface area (Å²) < 4.78 is 18.1. The monoisotopic (exact) mass is 227 g/mol. The quantitative estimate of drug-likeness (QED) is 0.730. The number of rotatable bonds is 2. The van der Waals surface area contributed by atoms with Crippen molar-refractivity contribution in [2.75, 3.05) is 6.61 Å². The lowest BCUT2D eigenvalue weighted by Gasteiger charge is -2.04. The van der Waals surface area contributed by atoms with Crippen LogP contribution in [-0.4, -0.2) is 12.6 Å². The van der Waals surface area contributed by atoms with Gasteiger partial charge in [0.1, 0.15) is 6.07 Å². The maximum Gasteiger partial charge on any atom is 0.341 e. The smallest absolute Gasteiger partial charge is 0.341 e. The largest absolute Gasteiger partial charge is 0.462 e. The second-order valence-electron chi connectivity index (χ2n) is 2.65. The minimum Gasteiger partial charge on any atom is -0.462 e. The van der Waals surface area contributed by atoms with E-state index in [1.807, 2.05) is 0 Å². The maximum absolute atomic E-state index is 13.4. The van der Waals surface area contributed by atoms with Crippen LogP contribution in [0.25, 0.3) is 0 Å². The zero-order chi connectivity index (χ0) is 11.4. The van der Waals surface area contributed by atoms with Gasteiger partial charge in [0.25, 0.3) is 0 Å². The highest BCUT2D eigenvalue weighted by molar-refractivity contribution is 6.31. The van der Waals surface area contributed by atoms with Gasteiger partial charge >= 0.3 is 5.97 Å². The Labute approximate surface area is 91.0 Å². The molecule has 5 heteroatoms. The first-order chi connectivity index (χ1) is 7.10. The SMILES string of the molecule is CCOC(=O)c1cc(Cl)cc(C#N)c1F. The van der Waals surface area contributed by atoms with Crippen LogP contribution in [0.3, 0.4) is 0 Å². The zero-order valence-corrected chi connectivity index (χ0v) is 8.64. The molecular formula is C10H7ClFNO2. The van der Waals surface area contributed by atoms with E-state index >= 15 is 0 Å². The van der Waals surface area contributed by atoms with Crippen molar-refractivity contribution in [1.82, 2.24) is 0 Å². The van der Waals surface area contributed by atoms with Crippen molar-refractivity contribution in [2.24, 2.45) is 0 Å². The first-order valence-corrected chi connectivity index (χ1v) is 4.54. The lowest BCUT2D eigenvalue weighted by Crippen LogP contribution is -2.08. The Balaban J connectivity index is 3.24. The van der Waals surface area contributed by atoms with E-state index in [4.69, 9.17) is 16.9 Å². The van der Waals surface area contributed by atoms with Crippen LogP contribution in [0.2, 0.25) is 5.02 Å². The second-order valence-corrected chi connectivity index (χ2v) is 3.08. The molecule has 0 saturated heterocycles. The van der Waals surface area contributed by atoms with Crippen LogP contribution in [0.1, 0.15) is 22.8 Å². The maximum atomic E-state index is 13.4. The van der Waals surface area contributed by atoms with Crippen LogP contribution in [-0.2, 0) is 4.74 Å². The number of esters is 1. The fourth-order valence-electron chi connectivity index (χ4n) is 1.03.